The van der Waals surface area contributed by atoms with Crippen LogP contribution in [0.15, 0.2) is 17.5 Å². The Kier molecular flexibility index (Phi) is 3.67. The van der Waals surface area contributed by atoms with Gasteiger partial charge < -0.3 is 5.73 Å². The number of hydrogen-bond donors (Lipinski definition) is 1. The lowest BCUT2D eigenvalue weighted by atomic mass is 9.90. The standard InChI is InChI=1S/C13H22N2S/c1-13(2,15-8-4-3-5-9-15)12(14)11-7-6-10-16-11/h6-7,10,12H,3-5,8-9,14H2,1-2H3. The molecule has 2 nitrogen and oxygen atoms in total. The molecule has 1 fully saturated rings. The first-order valence-corrected chi connectivity index (χ1v) is 7.04. The summed E-state index contributed by atoms with van der Waals surface area (Å²) in [5.41, 5.74) is 6.49. The zero-order valence-corrected chi connectivity index (χ0v) is 11.1. The fourth-order valence-corrected chi connectivity index (χ4v) is 3.39. The molecule has 1 aliphatic rings. The first-order chi connectivity index (χ1) is 7.62. The minimum Gasteiger partial charge on any atom is -0.322 e. The van der Waals surface area contributed by atoms with Gasteiger partial charge in [0, 0.05) is 10.4 Å². The summed E-state index contributed by atoms with van der Waals surface area (Å²) in [6, 6.07) is 4.37. The van der Waals surface area contributed by atoms with Crippen molar-refractivity contribution in [1.29, 1.82) is 0 Å². The van der Waals surface area contributed by atoms with Crippen LogP contribution in [-0.4, -0.2) is 23.5 Å². The van der Waals surface area contributed by atoms with Crippen molar-refractivity contribution >= 4 is 11.3 Å². The minimum absolute atomic E-state index is 0.0747. The van der Waals surface area contributed by atoms with Gasteiger partial charge in [0.05, 0.1) is 6.04 Å². The SMILES string of the molecule is CC(C)(C(N)c1cccs1)N1CCCCC1. The highest BCUT2D eigenvalue weighted by Crippen LogP contribution is 2.33. The van der Waals surface area contributed by atoms with Crippen LogP contribution in [0, 0.1) is 0 Å². The van der Waals surface area contributed by atoms with E-state index in [4.69, 9.17) is 5.73 Å². The molecule has 1 aromatic rings. The van der Waals surface area contributed by atoms with Gasteiger partial charge in [0.1, 0.15) is 0 Å². The number of likely N-dealkylation sites (tertiary alicyclic amines) is 1. The van der Waals surface area contributed by atoms with Gasteiger partial charge in [-0.2, -0.15) is 0 Å². The van der Waals surface area contributed by atoms with Gasteiger partial charge in [-0.1, -0.05) is 12.5 Å². The molecule has 0 amide bonds. The van der Waals surface area contributed by atoms with Gasteiger partial charge in [-0.05, 0) is 51.2 Å². The average molecular weight is 238 g/mol. The molecule has 0 spiro atoms. The predicted octanol–water partition coefficient (Wildman–Crippen LogP) is 3.01. The van der Waals surface area contributed by atoms with Crippen molar-refractivity contribution in [3.05, 3.63) is 22.4 Å². The first kappa shape index (κ1) is 12.1. The van der Waals surface area contributed by atoms with Crippen LogP contribution in [0.2, 0.25) is 0 Å². The van der Waals surface area contributed by atoms with Crippen molar-refractivity contribution in [3.8, 4) is 0 Å². The van der Waals surface area contributed by atoms with E-state index in [9.17, 15) is 0 Å². The number of piperidine rings is 1. The van der Waals surface area contributed by atoms with E-state index in [2.05, 4.69) is 36.3 Å². The largest absolute Gasteiger partial charge is 0.322 e. The van der Waals surface area contributed by atoms with Crippen LogP contribution in [0.5, 0.6) is 0 Å². The van der Waals surface area contributed by atoms with Crippen molar-refractivity contribution in [1.82, 2.24) is 4.90 Å². The number of nitrogens with two attached hydrogens (primary N) is 1. The van der Waals surface area contributed by atoms with Gasteiger partial charge in [0.25, 0.3) is 0 Å². The summed E-state index contributed by atoms with van der Waals surface area (Å²) in [6.07, 6.45) is 4.02. The van der Waals surface area contributed by atoms with Crippen LogP contribution < -0.4 is 5.73 Å². The highest BCUT2D eigenvalue weighted by molar-refractivity contribution is 7.10. The Labute approximate surface area is 102 Å². The quantitative estimate of drug-likeness (QED) is 0.877. The second-order valence-electron chi connectivity index (χ2n) is 5.19. The Balaban J connectivity index is 2.10. The highest BCUT2D eigenvalue weighted by Gasteiger charge is 2.34. The molecule has 1 saturated heterocycles. The van der Waals surface area contributed by atoms with E-state index in [1.807, 2.05) is 0 Å². The van der Waals surface area contributed by atoms with Gasteiger partial charge in [-0.25, -0.2) is 0 Å². The molecule has 0 saturated carbocycles. The van der Waals surface area contributed by atoms with E-state index >= 15 is 0 Å². The predicted molar refractivity (Wildman–Crippen MR) is 70.8 cm³/mol. The molecule has 3 heteroatoms. The van der Waals surface area contributed by atoms with Gasteiger partial charge >= 0.3 is 0 Å². The van der Waals surface area contributed by atoms with Crippen LogP contribution >= 0.6 is 11.3 Å². The Morgan fingerprint density at radius 1 is 1.31 bits per heavy atom. The van der Waals surface area contributed by atoms with E-state index in [1.165, 1.54) is 37.2 Å². The molecule has 0 radical (unpaired) electrons. The molecular formula is C13H22N2S. The summed E-state index contributed by atoms with van der Waals surface area (Å²) in [5, 5.41) is 2.11. The molecule has 2 rings (SSSR count). The van der Waals surface area contributed by atoms with Gasteiger partial charge in [-0.15, -0.1) is 11.3 Å². The minimum atomic E-state index is 0.0747. The number of hydrogen-bond acceptors (Lipinski definition) is 3. The smallest absolute Gasteiger partial charge is 0.0571 e. The number of thiophene rings is 1. The summed E-state index contributed by atoms with van der Waals surface area (Å²) in [5.74, 6) is 0. The maximum atomic E-state index is 6.42. The summed E-state index contributed by atoms with van der Waals surface area (Å²) in [6.45, 7) is 6.96. The molecular weight excluding hydrogens is 216 g/mol. The van der Waals surface area contributed by atoms with E-state index < -0.39 is 0 Å². The second kappa shape index (κ2) is 4.86. The van der Waals surface area contributed by atoms with E-state index in [-0.39, 0.29) is 11.6 Å². The van der Waals surface area contributed by atoms with Crippen molar-refractivity contribution < 1.29 is 0 Å². The monoisotopic (exact) mass is 238 g/mol. The summed E-state index contributed by atoms with van der Waals surface area (Å²) < 4.78 is 0. The fraction of sp³-hybridized carbons (Fsp3) is 0.692. The topological polar surface area (TPSA) is 29.3 Å². The van der Waals surface area contributed by atoms with Crippen molar-refractivity contribution in [3.63, 3.8) is 0 Å². The molecule has 2 heterocycles. The second-order valence-corrected chi connectivity index (χ2v) is 6.17. The van der Waals surface area contributed by atoms with Crippen molar-refractivity contribution in [2.75, 3.05) is 13.1 Å². The average Bonchev–Trinajstić information content (AvgIpc) is 2.82. The lowest BCUT2D eigenvalue weighted by molar-refractivity contribution is 0.0739. The van der Waals surface area contributed by atoms with Crippen LogP contribution in [0.25, 0.3) is 0 Å². The fourth-order valence-electron chi connectivity index (χ4n) is 2.48. The Morgan fingerprint density at radius 3 is 2.56 bits per heavy atom. The normalized spacial score (nSPS) is 20.9. The molecule has 1 unspecified atom stereocenters. The molecule has 0 aliphatic carbocycles. The Morgan fingerprint density at radius 2 is 2.00 bits per heavy atom. The van der Waals surface area contributed by atoms with Gasteiger partial charge in [0.2, 0.25) is 0 Å². The van der Waals surface area contributed by atoms with Crippen LogP contribution in [0.4, 0.5) is 0 Å². The molecule has 16 heavy (non-hydrogen) atoms. The summed E-state index contributed by atoms with van der Waals surface area (Å²) in [7, 11) is 0. The molecule has 1 aliphatic heterocycles. The third-order valence-electron chi connectivity index (χ3n) is 3.78. The molecule has 1 atom stereocenters. The van der Waals surface area contributed by atoms with E-state index in [1.54, 1.807) is 11.3 Å². The summed E-state index contributed by atoms with van der Waals surface area (Å²) >= 11 is 1.77. The lowest BCUT2D eigenvalue weighted by Gasteiger charge is -2.44. The highest BCUT2D eigenvalue weighted by atomic mass is 32.1. The van der Waals surface area contributed by atoms with Gasteiger partial charge in [0.15, 0.2) is 0 Å². The number of rotatable bonds is 3. The van der Waals surface area contributed by atoms with E-state index in [0.717, 1.165) is 0 Å². The maximum Gasteiger partial charge on any atom is 0.0571 e. The van der Waals surface area contributed by atoms with Crippen molar-refractivity contribution in [2.45, 2.75) is 44.7 Å². The van der Waals surface area contributed by atoms with Crippen LogP contribution in [-0.2, 0) is 0 Å². The molecule has 1 aromatic heterocycles. The van der Waals surface area contributed by atoms with Crippen LogP contribution in [0.1, 0.15) is 44.0 Å². The number of nitrogens with zero attached hydrogens (tertiary/aromatic N) is 1. The Hall–Kier alpha value is -0.380. The Bertz CT molecular complexity index is 313. The van der Waals surface area contributed by atoms with E-state index in [0.29, 0.717) is 0 Å². The lowest BCUT2D eigenvalue weighted by Crippen LogP contribution is -2.52. The van der Waals surface area contributed by atoms with Gasteiger partial charge in [-0.3, -0.25) is 4.90 Å². The molecule has 0 bridgehead atoms. The van der Waals surface area contributed by atoms with Crippen molar-refractivity contribution in [2.24, 2.45) is 5.73 Å². The zero-order chi connectivity index (χ0) is 11.6. The first-order valence-electron chi connectivity index (χ1n) is 6.16. The molecule has 90 valence electrons. The van der Waals surface area contributed by atoms with Crippen LogP contribution in [0.3, 0.4) is 0 Å². The maximum absolute atomic E-state index is 6.42. The summed E-state index contributed by atoms with van der Waals surface area (Å²) in [4.78, 5) is 3.86. The molecule has 2 N–H and O–H groups in total. The third-order valence-corrected chi connectivity index (χ3v) is 4.74. The third kappa shape index (κ3) is 2.31. The molecule has 0 aromatic carbocycles. The zero-order valence-electron chi connectivity index (χ0n) is 10.3.